The van der Waals surface area contributed by atoms with Gasteiger partial charge in [0, 0.05) is 17.7 Å². The third-order valence-electron chi connectivity index (χ3n) is 4.22. The number of fused-ring (bicyclic) bond motifs is 1. The summed E-state index contributed by atoms with van der Waals surface area (Å²) in [5.74, 6) is 1.86. The fourth-order valence-corrected chi connectivity index (χ4v) is 4.12. The maximum absolute atomic E-state index is 12.5. The smallest absolute Gasteiger partial charge is 0.255 e. The van der Waals surface area contributed by atoms with Crippen molar-refractivity contribution in [3.63, 3.8) is 0 Å². The molecule has 2 aromatic heterocycles. The number of rotatable bonds is 4. The molecule has 1 saturated heterocycles. The van der Waals surface area contributed by atoms with Crippen molar-refractivity contribution in [3.8, 4) is 11.5 Å². The summed E-state index contributed by atoms with van der Waals surface area (Å²) >= 11 is 1.70. The number of nitrogens with one attached hydrogen (secondary N) is 2. The van der Waals surface area contributed by atoms with Crippen LogP contribution in [0, 0.1) is 0 Å². The molecule has 1 aliphatic rings. The highest BCUT2D eigenvalue weighted by Gasteiger charge is 2.32. The first-order chi connectivity index (χ1) is 11.6. The molecule has 1 aliphatic heterocycles. The molecule has 1 fully saturated rings. The van der Waals surface area contributed by atoms with Crippen LogP contribution in [-0.4, -0.2) is 44.9 Å². The van der Waals surface area contributed by atoms with Crippen LogP contribution >= 0.6 is 11.8 Å². The lowest BCUT2D eigenvalue weighted by molar-refractivity contribution is 0.0613. The van der Waals surface area contributed by atoms with Crippen LogP contribution in [0.2, 0.25) is 0 Å². The molecule has 0 radical (unpaired) electrons. The average Bonchev–Trinajstić information content (AvgIpc) is 3.31. The molecule has 24 heavy (non-hydrogen) atoms. The van der Waals surface area contributed by atoms with Crippen LogP contribution in [0.5, 0.6) is 0 Å². The Balaban J connectivity index is 1.56. The quantitative estimate of drug-likeness (QED) is 0.677. The van der Waals surface area contributed by atoms with Crippen molar-refractivity contribution in [1.29, 1.82) is 0 Å². The molecule has 3 heterocycles. The van der Waals surface area contributed by atoms with Crippen molar-refractivity contribution in [2.24, 2.45) is 0 Å². The van der Waals surface area contributed by atoms with E-state index >= 15 is 0 Å². The number of para-hydroxylation sites is 1. The van der Waals surface area contributed by atoms with E-state index in [0.29, 0.717) is 29.2 Å². The highest BCUT2D eigenvalue weighted by molar-refractivity contribution is 7.99. The second-order valence-electron chi connectivity index (χ2n) is 6.02. The Labute approximate surface area is 142 Å². The first-order valence-electron chi connectivity index (χ1n) is 7.75. The van der Waals surface area contributed by atoms with Gasteiger partial charge in [-0.15, -0.1) is 0 Å². The number of thioether (sulfide) groups is 1. The molecular formula is C17H17N3O3S. The van der Waals surface area contributed by atoms with Gasteiger partial charge < -0.3 is 14.8 Å². The van der Waals surface area contributed by atoms with E-state index < -0.39 is 5.60 Å². The van der Waals surface area contributed by atoms with Gasteiger partial charge in [-0.05, 0) is 24.3 Å². The number of hydrogen-bond donors (Lipinski definition) is 3. The molecular weight excluding hydrogens is 326 g/mol. The lowest BCUT2D eigenvalue weighted by Gasteiger charge is -2.21. The van der Waals surface area contributed by atoms with Gasteiger partial charge >= 0.3 is 0 Å². The van der Waals surface area contributed by atoms with Crippen molar-refractivity contribution in [3.05, 3.63) is 42.1 Å². The summed E-state index contributed by atoms with van der Waals surface area (Å²) in [6.07, 6.45) is 2.17. The fourth-order valence-electron chi connectivity index (χ4n) is 2.83. The van der Waals surface area contributed by atoms with Gasteiger partial charge in [-0.1, -0.05) is 18.2 Å². The van der Waals surface area contributed by atoms with Crippen molar-refractivity contribution in [2.45, 2.75) is 12.0 Å². The predicted molar refractivity (Wildman–Crippen MR) is 93.0 cm³/mol. The molecule has 0 spiro atoms. The lowest BCUT2D eigenvalue weighted by atomic mass is 10.0. The van der Waals surface area contributed by atoms with Crippen LogP contribution in [-0.2, 0) is 0 Å². The van der Waals surface area contributed by atoms with Gasteiger partial charge in [0.15, 0.2) is 5.76 Å². The third kappa shape index (κ3) is 2.81. The van der Waals surface area contributed by atoms with Gasteiger partial charge in [0.2, 0.25) is 0 Å². The zero-order valence-corrected chi connectivity index (χ0v) is 13.7. The van der Waals surface area contributed by atoms with Gasteiger partial charge in [0.05, 0.1) is 17.4 Å². The standard InChI is InChI=1S/C17H17N3O3S/c21-16(18-9-17(22)5-6-24-10-17)12-8-19-20-15(12)14-7-11-3-1-2-4-13(11)23-14/h1-4,7-8,22H,5-6,9-10H2,(H,18,21)(H,19,20)/t17-/m1/s1. The summed E-state index contributed by atoms with van der Waals surface area (Å²) in [5, 5.41) is 20.9. The van der Waals surface area contributed by atoms with E-state index in [0.717, 1.165) is 16.7 Å². The summed E-state index contributed by atoms with van der Waals surface area (Å²) in [4.78, 5) is 12.5. The summed E-state index contributed by atoms with van der Waals surface area (Å²) < 4.78 is 5.80. The molecule has 0 aliphatic carbocycles. The first kappa shape index (κ1) is 15.3. The summed E-state index contributed by atoms with van der Waals surface area (Å²) in [6.45, 7) is 0.240. The van der Waals surface area contributed by atoms with E-state index in [2.05, 4.69) is 15.5 Å². The molecule has 0 bridgehead atoms. The van der Waals surface area contributed by atoms with E-state index in [1.807, 2.05) is 30.3 Å². The number of aromatic amines is 1. The number of H-pyrrole nitrogens is 1. The zero-order valence-electron chi connectivity index (χ0n) is 12.9. The molecule has 6 nitrogen and oxygen atoms in total. The fraction of sp³-hybridized carbons (Fsp3) is 0.294. The van der Waals surface area contributed by atoms with Crippen LogP contribution < -0.4 is 5.32 Å². The molecule has 1 aromatic carbocycles. The SMILES string of the molecule is O=C(NC[C@]1(O)CCSC1)c1cn[nH]c1-c1cc2ccccc2o1. The van der Waals surface area contributed by atoms with Gasteiger partial charge in [0.25, 0.3) is 5.91 Å². The zero-order chi connectivity index (χ0) is 16.6. The minimum absolute atomic E-state index is 0.240. The molecule has 7 heteroatoms. The van der Waals surface area contributed by atoms with Crippen LogP contribution in [0.3, 0.4) is 0 Å². The van der Waals surface area contributed by atoms with Gasteiger partial charge in [-0.2, -0.15) is 16.9 Å². The normalized spacial score (nSPS) is 20.5. The lowest BCUT2D eigenvalue weighted by Crippen LogP contribution is -2.42. The number of amides is 1. The van der Waals surface area contributed by atoms with Gasteiger partial charge in [0.1, 0.15) is 11.3 Å². The summed E-state index contributed by atoms with van der Waals surface area (Å²) in [5.41, 5.74) is 0.884. The van der Waals surface area contributed by atoms with E-state index in [1.54, 1.807) is 11.8 Å². The Morgan fingerprint density at radius 1 is 1.46 bits per heavy atom. The Bertz CT molecular complexity index is 847. The number of aromatic nitrogens is 2. The Kier molecular flexibility index (Phi) is 3.82. The highest BCUT2D eigenvalue weighted by Crippen LogP contribution is 2.29. The number of carbonyl (C=O) groups excluding carboxylic acids is 1. The number of furan rings is 1. The Hall–Kier alpha value is -2.25. The monoisotopic (exact) mass is 343 g/mol. The number of benzene rings is 1. The Morgan fingerprint density at radius 3 is 3.12 bits per heavy atom. The van der Waals surface area contributed by atoms with Crippen molar-refractivity contribution < 1.29 is 14.3 Å². The number of nitrogens with zero attached hydrogens (tertiary/aromatic N) is 1. The molecule has 0 unspecified atom stereocenters. The number of hydrogen-bond acceptors (Lipinski definition) is 5. The molecule has 3 N–H and O–H groups in total. The Morgan fingerprint density at radius 2 is 2.33 bits per heavy atom. The molecule has 1 amide bonds. The second-order valence-corrected chi connectivity index (χ2v) is 7.12. The minimum Gasteiger partial charge on any atom is -0.454 e. The van der Waals surface area contributed by atoms with Gasteiger partial charge in [-0.25, -0.2) is 0 Å². The van der Waals surface area contributed by atoms with Gasteiger partial charge in [-0.3, -0.25) is 9.89 Å². The van der Waals surface area contributed by atoms with E-state index in [9.17, 15) is 9.90 Å². The minimum atomic E-state index is -0.816. The van der Waals surface area contributed by atoms with E-state index in [-0.39, 0.29) is 12.5 Å². The summed E-state index contributed by atoms with van der Waals surface area (Å²) in [6, 6.07) is 9.54. The number of carbonyl (C=O) groups is 1. The third-order valence-corrected chi connectivity index (χ3v) is 5.45. The molecule has 124 valence electrons. The molecule has 3 aromatic rings. The maximum atomic E-state index is 12.5. The van der Waals surface area contributed by atoms with Crippen molar-refractivity contribution in [2.75, 3.05) is 18.1 Å². The van der Waals surface area contributed by atoms with Crippen LogP contribution in [0.15, 0.2) is 40.9 Å². The first-order valence-corrected chi connectivity index (χ1v) is 8.91. The molecule has 1 atom stereocenters. The summed E-state index contributed by atoms with van der Waals surface area (Å²) in [7, 11) is 0. The van der Waals surface area contributed by atoms with Crippen LogP contribution in [0.25, 0.3) is 22.4 Å². The highest BCUT2D eigenvalue weighted by atomic mass is 32.2. The van der Waals surface area contributed by atoms with Crippen molar-refractivity contribution >= 4 is 28.6 Å². The van der Waals surface area contributed by atoms with Crippen molar-refractivity contribution in [1.82, 2.24) is 15.5 Å². The van der Waals surface area contributed by atoms with Crippen LogP contribution in [0.1, 0.15) is 16.8 Å². The van der Waals surface area contributed by atoms with E-state index in [1.165, 1.54) is 6.20 Å². The van der Waals surface area contributed by atoms with Crippen LogP contribution in [0.4, 0.5) is 0 Å². The maximum Gasteiger partial charge on any atom is 0.255 e. The molecule has 4 rings (SSSR count). The largest absolute Gasteiger partial charge is 0.454 e. The average molecular weight is 343 g/mol. The predicted octanol–water partition coefficient (Wildman–Crippen LogP) is 2.42. The topological polar surface area (TPSA) is 91.1 Å². The van der Waals surface area contributed by atoms with E-state index in [4.69, 9.17) is 4.42 Å². The second kappa shape index (κ2) is 5.99. The molecule has 0 saturated carbocycles. The number of aliphatic hydroxyl groups is 1.